The Hall–Kier alpha value is -1.66. The zero-order valence-electron chi connectivity index (χ0n) is 9.61. The van der Waals surface area contributed by atoms with E-state index in [1.165, 1.54) is 6.07 Å². The molecule has 0 bridgehead atoms. The number of halogens is 2. The van der Waals surface area contributed by atoms with E-state index < -0.39 is 5.92 Å². The maximum atomic E-state index is 13.6. The number of nitriles is 1. The Labute approximate surface area is 114 Å². The van der Waals surface area contributed by atoms with Gasteiger partial charge in [0.15, 0.2) is 0 Å². The van der Waals surface area contributed by atoms with Gasteiger partial charge in [0.1, 0.15) is 5.82 Å². The van der Waals surface area contributed by atoms with E-state index in [0.717, 1.165) is 10.0 Å². The summed E-state index contributed by atoms with van der Waals surface area (Å²) in [7, 11) is 0. The second-order valence-corrected chi connectivity index (χ2v) is 4.95. The smallest absolute Gasteiger partial charge is 0.127 e. The van der Waals surface area contributed by atoms with Gasteiger partial charge in [-0.1, -0.05) is 46.3 Å². The van der Waals surface area contributed by atoms with E-state index >= 15 is 0 Å². The molecule has 0 amide bonds. The van der Waals surface area contributed by atoms with Crippen LogP contribution in [0.15, 0.2) is 53.0 Å². The fraction of sp³-hybridized carbons (Fsp3) is 0.133. The van der Waals surface area contributed by atoms with Crippen molar-refractivity contribution >= 4 is 15.9 Å². The molecular weight excluding hydrogens is 293 g/mol. The van der Waals surface area contributed by atoms with Crippen molar-refractivity contribution in [1.29, 1.82) is 5.26 Å². The van der Waals surface area contributed by atoms with Gasteiger partial charge in [-0.25, -0.2) is 4.39 Å². The molecule has 3 heteroatoms. The molecule has 2 aromatic carbocycles. The monoisotopic (exact) mass is 303 g/mol. The van der Waals surface area contributed by atoms with Crippen molar-refractivity contribution in [2.24, 2.45) is 0 Å². The molecule has 2 rings (SSSR count). The molecule has 0 radical (unpaired) electrons. The van der Waals surface area contributed by atoms with Crippen LogP contribution in [-0.4, -0.2) is 0 Å². The Morgan fingerprint density at radius 1 is 1.11 bits per heavy atom. The molecule has 0 aromatic heterocycles. The molecule has 0 saturated heterocycles. The van der Waals surface area contributed by atoms with E-state index in [1.54, 1.807) is 18.2 Å². The molecule has 1 atom stereocenters. The molecule has 0 fully saturated rings. The number of nitrogens with zero attached hydrogens (tertiary/aromatic N) is 1. The molecule has 0 spiro atoms. The van der Waals surface area contributed by atoms with Gasteiger partial charge in [-0.15, -0.1) is 0 Å². The van der Waals surface area contributed by atoms with Crippen molar-refractivity contribution in [3.8, 4) is 6.07 Å². The Morgan fingerprint density at radius 3 is 2.39 bits per heavy atom. The third kappa shape index (κ3) is 2.96. The van der Waals surface area contributed by atoms with E-state index in [2.05, 4.69) is 22.0 Å². The van der Waals surface area contributed by atoms with Gasteiger partial charge in [-0.3, -0.25) is 0 Å². The second-order valence-electron chi connectivity index (χ2n) is 4.03. The Balaban J connectivity index is 2.23. The summed E-state index contributed by atoms with van der Waals surface area (Å²) in [6, 6.07) is 16.3. The fourth-order valence-electron chi connectivity index (χ4n) is 1.84. The number of rotatable bonds is 3. The first kappa shape index (κ1) is 12.8. The van der Waals surface area contributed by atoms with E-state index in [1.807, 2.05) is 24.3 Å². The molecule has 2 aromatic rings. The first-order valence-corrected chi connectivity index (χ1v) is 6.38. The van der Waals surface area contributed by atoms with E-state index in [4.69, 9.17) is 0 Å². The summed E-state index contributed by atoms with van der Waals surface area (Å²) in [6.45, 7) is 0. The Kier molecular flexibility index (Phi) is 4.11. The van der Waals surface area contributed by atoms with Crippen LogP contribution in [0.4, 0.5) is 4.39 Å². The van der Waals surface area contributed by atoms with Gasteiger partial charge in [0, 0.05) is 10.0 Å². The average molecular weight is 304 g/mol. The maximum absolute atomic E-state index is 13.6. The van der Waals surface area contributed by atoms with Crippen molar-refractivity contribution in [2.75, 3.05) is 0 Å². The predicted octanol–water partition coefficient (Wildman–Crippen LogP) is 4.44. The molecule has 0 aliphatic heterocycles. The van der Waals surface area contributed by atoms with Crippen molar-refractivity contribution in [1.82, 2.24) is 0 Å². The molecule has 1 nitrogen and oxygen atoms in total. The Morgan fingerprint density at radius 2 is 1.78 bits per heavy atom. The largest absolute Gasteiger partial charge is 0.207 e. The van der Waals surface area contributed by atoms with Gasteiger partial charge in [-0.05, 0) is 30.2 Å². The van der Waals surface area contributed by atoms with E-state index in [9.17, 15) is 9.65 Å². The van der Waals surface area contributed by atoms with Crippen molar-refractivity contribution < 1.29 is 4.39 Å². The first-order chi connectivity index (χ1) is 8.70. The molecule has 18 heavy (non-hydrogen) atoms. The summed E-state index contributed by atoms with van der Waals surface area (Å²) in [5.41, 5.74) is 1.48. The third-order valence-electron chi connectivity index (χ3n) is 2.79. The number of benzene rings is 2. The molecule has 0 N–H and O–H groups in total. The van der Waals surface area contributed by atoms with Gasteiger partial charge >= 0.3 is 0 Å². The maximum Gasteiger partial charge on any atom is 0.127 e. The van der Waals surface area contributed by atoms with Crippen LogP contribution in [0.25, 0.3) is 0 Å². The highest BCUT2D eigenvalue weighted by Crippen LogP contribution is 2.23. The van der Waals surface area contributed by atoms with Crippen LogP contribution in [0.1, 0.15) is 17.0 Å². The molecule has 0 heterocycles. The van der Waals surface area contributed by atoms with Crippen LogP contribution in [0.5, 0.6) is 0 Å². The van der Waals surface area contributed by atoms with Crippen LogP contribution in [0.2, 0.25) is 0 Å². The van der Waals surface area contributed by atoms with Gasteiger partial charge in [0.25, 0.3) is 0 Å². The summed E-state index contributed by atoms with van der Waals surface area (Å²) >= 11 is 3.36. The van der Waals surface area contributed by atoms with Crippen LogP contribution < -0.4 is 0 Å². The minimum Gasteiger partial charge on any atom is -0.207 e. The zero-order chi connectivity index (χ0) is 13.0. The quantitative estimate of drug-likeness (QED) is 0.822. The molecular formula is C15H11BrFN. The van der Waals surface area contributed by atoms with Crippen LogP contribution in [-0.2, 0) is 6.42 Å². The lowest BCUT2D eigenvalue weighted by Gasteiger charge is -2.10. The average Bonchev–Trinajstić information content (AvgIpc) is 2.39. The van der Waals surface area contributed by atoms with Crippen molar-refractivity contribution in [3.63, 3.8) is 0 Å². The molecule has 1 unspecified atom stereocenters. The molecule has 0 saturated carbocycles. The summed E-state index contributed by atoms with van der Waals surface area (Å²) < 4.78 is 14.6. The van der Waals surface area contributed by atoms with Gasteiger partial charge < -0.3 is 0 Å². The zero-order valence-corrected chi connectivity index (χ0v) is 11.2. The highest BCUT2D eigenvalue weighted by molar-refractivity contribution is 9.10. The third-order valence-corrected chi connectivity index (χ3v) is 3.32. The molecule has 0 aliphatic carbocycles. The lowest BCUT2D eigenvalue weighted by molar-refractivity contribution is 0.600. The molecule has 0 aliphatic rings. The minimum atomic E-state index is -0.452. The van der Waals surface area contributed by atoms with Gasteiger partial charge in [0.2, 0.25) is 0 Å². The van der Waals surface area contributed by atoms with Crippen LogP contribution in [0, 0.1) is 17.1 Å². The van der Waals surface area contributed by atoms with Crippen molar-refractivity contribution in [3.05, 3.63) is 69.9 Å². The highest BCUT2D eigenvalue weighted by atomic mass is 79.9. The lowest BCUT2D eigenvalue weighted by atomic mass is 9.93. The first-order valence-electron chi connectivity index (χ1n) is 5.59. The highest BCUT2D eigenvalue weighted by Gasteiger charge is 2.15. The van der Waals surface area contributed by atoms with E-state index in [0.29, 0.717) is 12.0 Å². The van der Waals surface area contributed by atoms with Crippen LogP contribution in [0.3, 0.4) is 0 Å². The van der Waals surface area contributed by atoms with Gasteiger partial charge in [0.05, 0.1) is 12.0 Å². The second kappa shape index (κ2) is 5.79. The summed E-state index contributed by atoms with van der Waals surface area (Å²) in [4.78, 5) is 0. The summed E-state index contributed by atoms with van der Waals surface area (Å²) in [5.74, 6) is -0.770. The van der Waals surface area contributed by atoms with E-state index in [-0.39, 0.29) is 5.82 Å². The minimum absolute atomic E-state index is 0.318. The van der Waals surface area contributed by atoms with Crippen LogP contribution >= 0.6 is 15.9 Å². The normalized spacial score (nSPS) is 11.8. The van der Waals surface area contributed by atoms with Crippen molar-refractivity contribution in [2.45, 2.75) is 12.3 Å². The standard InChI is InChI=1S/C15H11BrFN/c16-13-7-5-11(6-8-13)9-12(10-18)14-3-1-2-4-15(14)17/h1-8,12H,9H2. The Bertz CT molecular complexity index is 572. The van der Waals surface area contributed by atoms with Gasteiger partial charge in [-0.2, -0.15) is 5.26 Å². The topological polar surface area (TPSA) is 23.8 Å². The SMILES string of the molecule is N#CC(Cc1ccc(Br)cc1)c1ccccc1F. The fourth-order valence-corrected chi connectivity index (χ4v) is 2.10. The number of hydrogen-bond donors (Lipinski definition) is 0. The lowest BCUT2D eigenvalue weighted by Crippen LogP contribution is -2.03. The summed E-state index contributed by atoms with van der Waals surface area (Å²) in [5, 5.41) is 9.19. The summed E-state index contributed by atoms with van der Waals surface area (Å²) in [6.07, 6.45) is 0.519. The predicted molar refractivity (Wildman–Crippen MR) is 72.6 cm³/mol. The molecule has 90 valence electrons. The number of hydrogen-bond acceptors (Lipinski definition) is 1.